The van der Waals surface area contributed by atoms with Crippen LogP contribution in [0.4, 0.5) is 5.69 Å². The highest BCUT2D eigenvalue weighted by Gasteiger charge is 2.53. The molecule has 0 saturated carbocycles. The van der Waals surface area contributed by atoms with Gasteiger partial charge in [0.05, 0.1) is 11.3 Å². The third-order valence-corrected chi connectivity index (χ3v) is 7.27. The molecule has 4 heterocycles. The second-order valence-corrected chi connectivity index (χ2v) is 9.05. The predicted octanol–water partition coefficient (Wildman–Crippen LogP) is 3.05. The van der Waals surface area contributed by atoms with Crippen molar-refractivity contribution in [3.8, 4) is 0 Å². The topological polar surface area (TPSA) is 76.7 Å². The van der Waals surface area contributed by atoms with Crippen LogP contribution >= 0.6 is 0 Å². The molecule has 32 heavy (non-hydrogen) atoms. The van der Waals surface area contributed by atoms with Crippen molar-refractivity contribution in [3.05, 3.63) is 65.4 Å². The standard InChI is InChI=1S/C25H24N4O3/c1-25-12-10-22(30)29(25)21-9-5-3-7-17(21)24(32)28(25)15-23(31)27-13-11-20-18(14-27)16-6-2-4-8-19(16)26-20/h2-9,26H,10-15H2,1H3. The highest BCUT2D eigenvalue weighted by atomic mass is 16.2. The number of nitrogens with zero attached hydrogens (tertiary/aromatic N) is 3. The summed E-state index contributed by atoms with van der Waals surface area (Å²) in [5.74, 6) is -0.285. The molecule has 1 N–H and O–H groups in total. The minimum atomic E-state index is -0.820. The van der Waals surface area contributed by atoms with E-state index >= 15 is 0 Å². The Labute approximate surface area is 185 Å². The zero-order valence-corrected chi connectivity index (χ0v) is 17.9. The third kappa shape index (κ3) is 2.57. The average molecular weight is 428 g/mol. The molecule has 1 unspecified atom stereocenters. The van der Waals surface area contributed by atoms with Gasteiger partial charge in [0, 0.05) is 48.1 Å². The number of rotatable bonds is 2. The van der Waals surface area contributed by atoms with E-state index in [1.807, 2.05) is 36.1 Å². The van der Waals surface area contributed by atoms with Gasteiger partial charge in [-0.05, 0) is 31.5 Å². The van der Waals surface area contributed by atoms with E-state index in [1.165, 1.54) is 5.69 Å². The molecule has 7 heteroatoms. The van der Waals surface area contributed by atoms with E-state index < -0.39 is 5.66 Å². The fourth-order valence-electron chi connectivity index (χ4n) is 5.56. The summed E-state index contributed by atoms with van der Waals surface area (Å²) in [6, 6.07) is 15.3. The number of carbonyl (C=O) groups excluding carboxylic acids is 3. The SMILES string of the molecule is CC12CCC(=O)N1c1ccccc1C(=O)N2CC(=O)N1CCc2[nH]c3ccccc3c2C1. The molecule has 6 rings (SSSR count). The lowest BCUT2D eigenvalue weighted by Gasteiger charge is -2.48. The monoisotopic (exact) mass is 428 g/mol. The zero-order valence-electron chi connectivity index (χ0n) is 17.9. The van der Waals surface area contributed by atoms with Gasteiger partial charge in [-0.3, -0.25) is 19.3 Å². The van der Waals surface area contributed by atoms with Crippen molar-refractivity contribution >= 4 is 34.3 Å². The number of aromatic nitrogens is 1. The number of amides is 3. The van der Waals surface area contributed by atoms with Gasteiger partial charge in [-0.1, -0.05) is 30.3 Å². The van der Waals surface area contributed by atoms with Gasteiger partial charge in [-0.15, -0.1) is 0 Å². The summed E-state index contributed by atoms with van der Waals surface area (Å²) in [5, 5.41) is 1.14. The Balaban J connectivity index is 1.31. The van der Waals surface area contributed by atoms with Gasteiger partial charge in [0.25, 0.3) is 5.91 Å². The van der Waals surface area contributed by atoms with E-state index in [4.69, 9.17) is 0 Å². The number of anilines is 1. The number of hydrogen-bond donors (Lipinski definition) is 1. The number of hydrogen-bond acceptors (Lipinski definition) is 3. The highest BCUT2D eigenvalue weighted by molar-refractivity contribution is 6.11. The number of nitrogens with one attached hydrogen (secondary N) is 1. The molecule has 3 aliphatic rings. The number of carbonyl (C=O) groups is 3. The summed E-state index contributed by atoms with van der Waals surface area (Å²) >= 11 is 0. The molecule has 2 aromatic carbocycles. The molecule has 162 valence electrons. The van der Waals surface area contributed by atoms with Gasteiger partial charge in [0.15, 0.2) is 0 Å². The maximum Gasteiger partial charge on any atom is 0.258 e. The summed E-state index contributed by atoms with van der Waals surface area (Å²) in [4.78, 5) is 48.2. The smallest absolute Gasteiger partial charge is 0.258 e. The normalized spacial score (nSPS) is 22.2. The first kappa shape index (κ1) is 19.1. The number of aromatic amines is 1. The maximum absolute atomic E-state index is 13.4. The number of H-pyrrole nitrogens is 1. The molecule has 1 aromatic heterocycles. The van der Waals surface area contributed by atoms with Gasteiger partial charge in [0.1, 0.15) is 12.2 Å². The van der Waals surface area contributed by atoms with Crippen molar-refractivity contribution in [2.75, 3.05) is 18.0 Å². The quantitative estimate of drug-likeness (QED) is 0.682. The largest absolute Gasteiger partial charge is 0.358 e. The lowest BCUT2D eigenvalue weighted by molar-refractivity contribution is -0.134. The first-order chi connectivity index (χ1) is 15.5. The molecule has 3 aliphatic heterocycles. The Morgan fingerprint density at radius 2 is 1.84 bits per heavy atom. The Kier molecular flexibility index (Phi) is 4.00. The molecule has 1 fully saturated rings. The van der Waals surface area contributed by atoms with Crippen molar-refractivity contribution in [2.24, 2.45) is 0 Å². The van der Waals surface area contributed by atoms with Crippen molar-refractivity contribution in [3.63, 3.8) is 0 Å². The Bertz CT molecular complexity index is 1300. The number of para-hydroxylation sites is 2. The Morgan fingerprint density at radius 1 is 1.06 bits per heavy atom. The molecule has 0 bridgehead atoms. The zero-order chi connectivity index (χ0) is 22.0. The van der Waals surface area contributed by atoms with Crippen LogP contribution < -0.4 is 4.90 Å². The fourth-order valence-corrected chi connectivity index (χ4v) is 5.56. The lowest BCUT2D eigenvalue weighted by Crippen LogP contribution is -2.64. The van der Waals surface area contributed by atoms with Crippen LogP contribution in [0.1, 0.15) is 41.4 Å². The first-order valence-corrected chi connectivity index (χ1v) is 11.1. The third-order valence-electron chi connectivity index (χ3n) is 7.27. The second-order valence-electron chi connectivity index (χ2n) is 9.05. The minimum absolute atomic E-state index is 0.00805. The van der Waals surface area contributed by atoms with Crippen molar-refractivity contribution in [2.45, 2.75) is 38.4 Å². The summed E-state index contributed by atoms with van der Waals surface area (Å²) < 4.78 is 0. The van der Waals surface area contributed by atoms with Crippen LogP contribution in [-0.4, -0.2) is 51.3 Å². The first-order valence-electron chi connectivity index (χ1n) is 11.1. The Morgan fingerprint density at radius 3 is 2.72 bits per heavy atom. The van der Waals surface area contributed by atoms with E-state index in [9.17, 15) is 14.4 Å². The molecule has 3 amide bonds. The van der Waals surface area contributed by atoms with Crippen molar-refractivity contribution in [1.29, 1.82) is 0 Å². The van der Waals surface area contributed by atoms with Crippen LogP contribution in [0.5, 0.6) is 0 Å². The van der Waals surface area contributed by atoms with Crippen LogP contribution in [0.2, 0.25) is 0 Å². The predicted molar refractivity (Wildman–Crippen MR) is 120 cm³/mol. The van der Waals surface area contributed by atoms with Crippen LogP contribution in [-0.2, 0) is 22.6 Å². The minimum Gasteiger partial charge on any atom is -0.358 e. The van der Waals surface area contributed by atoms with Crippen molar-refractivity contribution in [1.82, 2.24) is 14.8 Å². The van der Waals surface area contributed by atoms with Gasteiger partial charge in [-0.2, -0.15) is 0 Å². The summed E-state index contributed by atoms with van der Waals surface area (Å²) in [6.45, 7) is 2.99. The van der Waals surface area contributed by atoms with Crippen molar-refractivity contribution < 1.29 is 14.4 Å². The molecule has 0 spiro atoms. The van der Waals surface area contributed by atoms with E-state index in [1.54, 1.807) is 21.9 Å². The number of fused-ring (bicyclic) bond motifs is 6. The molecule has 7 nitrogen and oxygen atoms in total. The molecule has 0 radical (unpaired) electrons. The van der Waals surface area contributed by atoms with Crippen LogP contribution in [0.15, 0.2) is 48.5 Å². The van der Waals surface area contributed by atoms with Crippen LogP contribution in [0.3, 0.4) is 0 Å². The maximum atomic E-state index is 13.4. The van der Waals surface area contributed by atoms with E-state index in [2.05, 4.69) is 17.1 Å². The van der Waals surface area contributed by atoms with Gasteiger partial charge in [-0.25, -0.2) is 0 Å². The molecule has 1 atom stereocenters. The molecule has 3 aromatic rings. The van der Waals surface area contributed by atoms with Gasteiger partial charge < -0.3 is 14.8 Å². The average Bonchev–Trinajstić information content (AvgIpc) is 3.33. The number of benzene rings is 2. The second kappa shape index (κ2) is 6.69. The fraction of sp³-hybridized carbons (Fsp3) is 0.320. The summed E-state index contributed by atoms with van der Waals surface area (Å²) in [7, 11) is 0. The van der Waals surface area contributed by atoms with Gasteiger partial charge in [0.2, 0.25) is 11.8 Å². The Hall–Kier alpha value is -3.61. The molecule has 0 aliphatic carbocycles. The summed E-state index contributed by atoms with van der Waals surface area (Å²) in [6.07, 6.45) is 1.64. The van der Waals surface area contributed by atoms with E-state index in [-0.39, 0.29) is 24.3 Å². The van der Waals surface area contributed by atoms with Crippen LogP contribution in [0.25, 0.3) is 10.9 Å². The van der Waals surface area contributed by atoms with Crippen LogP contribution in [0, 0.1) is 0 Å². The highest BCUT2D eigenvalue weighted by Crippen LogP contribution is 2.44. The lowest BCUT2D eigenvalue weighted by atomic mass is 9.98. The molecule has 1 saturated heterocycles. The molecular weight excluding hydrogens is 404 g/mol. The van der Waals surface area contributed by atoms with Gasteiger partial charge >= 0.3 is 0 Å². The summed E-state index contributed by atoms with van der Waals surface area (Å²) in [5.41, 5.74) is 3.72. The molecular formula is C25H24N4O3. The van der Waals surface area contributed by atoms with E-state index in [0.717, 1.165) is 22.9 Å². The van der Waals surface area contributed by atoms with E-state index in [0.29, 0.717) is 37.2 Å².